The topological polar surface area (TPSA) is 69.9 Å². The van der Waals surface area contributed by atoms with Crippen molar-refractivity contribution in [2.45, 2.75) is 17.4 Å². The van der Waals surface area contributed by atoms with Crippen LogP contribution in [0.2, 0.25) is 0 Å². The highest BCUT2D eigenvalue weighted by Crippen LogP contribution is 2.33. The van der Waals surface area contributed by atoms with Gasteiger partial charge in [0, 0.05) is 33.2 Å². The molecule has 2 N–H and O–H groups in total. The fourth-order valence-electron chi connectivity index (χ4n) is 2.61. The summed E-state index contributed by atoms with van der Waals surface area (Å²) >= 11 is 0. The van der Waals surface area contributed by atoms with Crippen LogP contribution in [0.1, 0.15) is 6.42 Å². The zero-order chi connectivity index (χ0) is 15.8. The highest BCUT2D eigenvalue weighted by Gasteiger charge is 2.28. The minimum atomic E-state index is -3.52. The number of para-hydroxylation sites is 1. The molecule has 1 aliphatic rings. The SMILES string of the molecule is CN(C)C1CCN(c2cccc(S(=O)(=O)N(C)C)c2N)C1. The third-order valence-electron chi connectivity index (χ3n) is 4.04. The summed E-state index contributed by atoms with van der Waals surface area (Å²) in [5.74, 6) is 0. The molecule has 0 spiro atoms. The van der Waals surface area contributed by atoms with Crippen LogP contribution >= 0.6 is 0 Å². The lowest BCUT2D eigenvalue weighted by atomic mass is 10.2. The molecule has 7 heteroatoms. The lowest BCUT2D eigenvalue weighted by molar-refractivity contribution is 0.315. The molecule has 1 fully saturated rings. The Labute approximate surface area is 127 Å². The lowest BCUT2D eigenvalue weighted by Crippen LogP contribution is -2.32. The Balaban J connectivity index is 2.36. The molecule has 1 saturated heterocycles. The van der Waals surface area contributed by atoms with Crippen molar-refractivity contribution in [2.24, 2.45) is 0 Å². The van der Waals surface area contributed by atoms with Crippen molar-refractivity contribution in [2.75, 3.05) is 51.9 Å². The summed E-state index contributed by atoms with van der Waals surface area (Å²) in [6.07, 6.45) is 1.05. The quantitative estimate of drug-likeness (QED) is 0.827. The second kappa shape index (κ2) is 5.82. The van der Waals surface area contributed by atoms with Crippen molar-refractivity contribution in [1.29, 1.82) is 0 Å². The Bertz CT molecular complexity index is 613. The van der Waals surface area contributed by atoms with E-state index in [-0.39, 0.29) is 4.90 Å². The van der Waals surface area contributed by atoms with Gasteiger partial charge in [-0.05, 0) is 32.6 Å². The normalized spacial score (nSPS) is 19.7. The maximum absolute atomic E-state index is 12.3. The average Bonchev–Trinajstić information content (AvgIpc) is 2.88. The van der Waals surface area contributed by atoms with Crippen LogP contribution in [0.4, 0.5) is 11.4 Å². The third kappa shape index (κ3) is 3.00. The Kier molecular flexibility index (Phi) is 4.46. The van der Waals surface area contributed by atoms with Crippen LogP contribution in [-0.2, 0) is 10.0 Å². The summed E-state index contributed by atoms with van der Waals surface area (Å²) in [6.45, 7) is 1.75. The monoisotopic (exact) mass is 312 g/mol. The number of likely N-dealkylation sites (N-methyl/N-ethyl adjacent to an activating group) is 1. The maximum Gasteiger partial charge on any atom is 0.244 e. The molecular weight excluding hydrogens is 288 g/mol. The van der Waals surface area contributed by atoms with E-state index in [4.69, 9.17) is 5.73 Å². The summed E-state index contributed by atoms with van der Waals surface area (Å²) < 4.78 is 25.8. The van der Waals surface area contributed by atoms with Crippen LogP contribution in [-0.4, -0.2) is 64.9 Å². The third-order valence-corrected chi connectivity index (χ3v) is 5.91. The van der Waals surface area contributed by atoms with Crippen LogP contribution in [0.25, 0.3) is 0 Å². The number of nitrogen functional groups attached to an aromatic ring is 1. The molecule has 0 amide bonds. The minimum Gasteiger partial charge on any atom is -0.396 e. The second-order valence-corrected chi connectivity index (χ2v) is 7.95. The van der Waals surface area contributed by atoms with Gasteiger partial charge in [-0.2, -0.15) is 0 Å². The molecule has 1 aromatic carbocycles. The van der Waals surface area contributed by atoms with E-state index in [1.165, 1.54) is 18.4 Å². The fraction of sp³-hybridized carbons (Fsp3) is 0.571. The van der Waals surface area contributed by atoms with E-state index in [2.05, 4.69) is 23.9 Å². The Morgan fingerprint density at radius 1 is 1.24 bits per heavy atom. The van der Waals surface area contributed by atoms with Gasteiger partial charge in [-0.1, -0.05) is 6.07 Å². The van der Waals surface area contributed by atoms with Crippen molar-refractivity contribution in [3.05, 3.63) is 18.2 Å². The average molecular weight is 312 g/mol. The predicted molar refractivity (Wildman–Crippen MR) is 86.0 cm³/mol. The zero-order valence-corrected chi connectivity index (χ0v) is 13.9. The van der Waals surface area contributed by atoms with Crippen LogP contribution in [0.15, 0.2) is 23.1 Å². The van der Waals surface area contributed by atoms with Crippen molar-refractivity contribution < 1.29 is 8.42 Å². The summed E-state index contributed by atoms with van der Waals surface area (Å²) in [5.41, 5.74) is 7.29. The van der Waals surface area contributed by atoms with E-state index >= 15 is 0 Å². The number of anilines is 2. The number of nitrogens with zero attached hydrogens (tertiary/aromatic N) is 3. The van der Waals surface area contributed by atoms with E-state index in [0.29, 0.717) is 11.7 Å². The molecule has 1 aliphatic heterocycles. The Morgan fingerprint density at radius 3 is 2.43 bits per heavy atom. The van der Waals surface area contributed by atoms with Crippen molar-refractivity contribution >= 4 is 21.4 Å². The highest BCUT2D eigenvalue weighted by atomic mass is 32.2. The number of sulfonamides is 1. The highest BCUT2D eigenvalue weighted by molar-refractivity contribution is 7.89. The van der Waals surface area contributed by atoms with E-state index in [0.717, 1.165) is 25.2 Å². The summed E-state index contributed by atoms with van der Waals surface area (Å²) in [7, 11) is 3.63. The van der Waals surface area contributed by atoms with Gasteiger partial charge in [-0.25, -0.2) is 12.7 Å². The van der Waals surface area contributed by atoms with Gasteiger partial charge in [0.25, 0.3) is 0 Å². The molecule has 1 atom stereocenters. The number of hydrogen-bond donors (Lipinski definition) is 1. The maximum atomic E-state index is 12.3. The van der Waals surface area contributed by atoms with Gasteiger partial charge < -0.3 is 15.5 Å². The largest absolute Gasteiger partial charge is 0.396 e. The van der Waals surface area contributed by atoms with Crippen LogP contribution in [0.5, 0.6) is 0 Å². The van der Waals surface area contributed by atoms with Gasteiger partial charge in [-0.3, -0.25) is 0 Å². The molecule has 0 radical (unpaired) electrons. The number of nitrogens with two attached hydrogens (primary N) is 1. The van der Waals surface area contributed by atoms with Crippen molar-refractivity contribution in [1.82, 2.24) is 9.21 Å². The summed E-state index contributed by atoms with van der Waals surface area (Å²) in [5, 5.41) is 0. The lowest BCUT2D eigenvalue weighted by Gasteiger charge is -2.24. The zero-order valence-electron chi connectivity index (χ0n) is 13.1. The fourth-order valence-corrected chi connectivity index (χ4v) is 3.64. The van der Waals surface area contributed by atoms with Gasteiger partial charge in [0.15, 0.2) is 0 Å². The van der Waals surface area contributed by atoms with E-state index in [1.807, 2.05) is 6.07 Å². The molecule has 118 valence electrons. The first kappa shape index (κ1) is 16.1. The van der Waals surface area contributed by atoms with Crippen LogP contribution in [0.3, 0.4) is 0 Å². The number of rotatable bonds is 4. The number of benzene rings is 1. The number of hydrogen-bond acceptors (Lipinski definition) is 5. The molecule has 0 saturated carbocycles. The van der Waals surface area contributed by atoms with E-state index in [9.17, 15) is 8.42 Å². The Hall–Kier alpha value is -1.31. The first-order valence-electron chi connectivity index (χ1n) is 6.97. The van der Waals surface area contributed by atoms with Gasteiger partial charge >= 0.3 is 0 Å². The predicted octanol–water partition coefficient (Wildman–Crippen LogP) is 0.659. The standard InChI is InChI=1S/C14H24N4O2S/c1-16(2)11-8-9-18(10-11)12-6-5-7-13(14(12)15)21(19,20)17(3)4/h5-7,11H,8-10,15H2,1-4H3. The van der Waals surface area contributed by atoms with Crippen molar-refractivity contribution in [3.8, 4) is 0 Å². The van der Waals surface area contributed by atoms with E-state index < -0.39 is 10.0 Å². The molecule has 1 aromatic rings. The van der Waals surface area contributed by atoms with Crippen LogP contribution in [0, 0.1) is 0 Å². The first-order chi connectivity index (χ1) is 9.75. The molecule has 2 rings (SSSR count). The molecular formula is C14H24N4O2S. The van der Waals surface area contributed by atoms with Crippen LogP contribution < -0.4 is 10.6 Å². The molecule has 0 aromatic heterocycles. The molecule has 6 nitrogen and oxygen atoms in total. The van der Waals surface area contributed by atoms with E-state index in [1.54, 1.807) is 12.1 Å². The minimum absolute atomic E-state index is 0.179. The van der Waals surface area contributed by atoms with Gasteiger partial charge in [0.2, 0.25) is 10.0 Å². The molecule has 1 heterocycles. The summed E-state index contributed by atoms with van der Waals surface area (Å²) in [4.78, 5) is 4.53. The molecule has 0 bridgehead atoms. The van der Waals surface area contributed by atoms with Gasteiger partial charge in [-0.15, -0.1) is 0 Å². The molecule has 0 aliphatic carbocycles. The van der Waals surface area contributed by atoms with Crippen molar-refractivity contribution in [3.63, 3.8) is 0 Å². The summed E-state index contributed by atoms with van der Waals surface area (Å²) in [6, 6.07) is 5.68. The molecule has 1 unspecified atom stereocenters. The Morgan fingerprint density at radius 2 is 1.90 bits per heavy atom. The van der Waals surface area contributed by atoms with Gasteiger partial charge in [0.1, 0.15) is 4.90 Å². The smallest absolute Gasteiger partial charge is 0.244 e. The second-order valence-electron chi connectivity index (χ2n) is 5.83. The van der Waals surface area contributed by atoms with Gasteiger partial charge in [0.05, 0.1) is 11.4 Å². The first-order valence-corrected chi connectivity index (χ1v) is 8.41. The molecule has 21 heavy (non-hydrogen) atoms.